The van der Waals surface area contributed by atoms with Gasteiger partial charge in [-0.3, -0.25) is 23.0 Å². The molecule has 0 bridgehead atoms. The van der Waals surface area contributed by atoms with Gasteiger partial charge in [0.25, 0.3) is 5.91 Å². The number of imidazole rings is 2. The maximum Gasteiger partial charge on any atom is 0.677 e. The van der Waals surface area contributed by atoms with Gasteiger partial charge in [0.2, 0.25) is 11.8 Å². The van der Waals surface area contributed by atoms with Crippen molar-refractivity contribution in [1.29, 1.82) is 0 Å². The predicted octanol–water partition coefficient (Wildman–Crippen LogP) is 5.74. The summed E-state index contributed by atoms with van der Waals surface area (Å²) in [6.07, 6.45) is 8.01. The topological polar surface area (TPSA) is 184 Å². The van der Waals surface area contributed by atoms with E-state index in [0.717, 1.165) is 132 Å². The smallest absolute Gasteiger partial charge is 0.484 e. The van der Waals surface area contributed by atoms with Crippen LogP contribution in [0.5, 0.6) is 5.75 Å². The van der Waals surface area contributed by atoms with Crippen molar-refractivity contribution in [3.63, 3.8) is 0 Å². The van der Waals surface area contributed by atoms with E-state index in [1.807, 2.05) is 49.5 Å². The lowest BCUT2D eigenvalue weighted by atomic mass is 10.2. The van der Waals surface area contributed by atoms with E-state index < -0.39 is 7.40 Å². The van der Waals surface area contributed by atoms with Crippen molar-refractivity contribution in [1.82, 2.24) is 55.1 Å². The largest absolute Gasteiger partial charge is 0.677 e. The number of aryl methyl sites for hydroxylation is 2. The summed E-state index contributed by atoms with van der Waals surface area (Å²) in [4.78, 5) is 64.1. The molecule has 1 saturated heterocycles. The van der Waals surface area contributed by atoms with Crippen LogP contribution in [-0.4, -0.2) is 144 Å². The first-order valence-electron chi connectivity index (χ1n) is 25.3. The van der Waals surface area contributed by atoms with Crippen LogP contribution in [-0.2, 0) is 14.4 Å². The van der Waals surface area contributed by atoms with E-state index in [-0.39, 0.29) is 30.7 Å². The fourth-order valence-corrected chi connectivity index (χ4v) is 9.10. The molecule has 0 aliphatic carbocycles. The molecule has 3 amide bonds. The Hall–Kier alpha value is -7.25. The van der Waals surface area contributed by atoms with Gasteiger partial charge in [-0.05, 0) is 157 Å². The van der Waals surface area contributed by atoms with Gasteiger partial charge in [-0.2, -0.15) is 0 Å². The molecule has 73 heavy (non-hydrogen) atoms. The summed E-state index contributed by atoms with van der Waals surface area (Å²) in [6.45, 7) is 10.8. The maximum absolute atomic E-state index is 13.5. The minimum atomic E-state index is -2.63. The van der Waals surface area contributed by atoms with E-state index in [9.17, 15) is 23.0 Å². The number of aromatic nitrogens is 6. The highest BCUT2D eigenvalue weighted by Crippen LogP contribution is 2.29. The van der Waals surface area contributed by atoms with Crippen LogP contribution in [0.15, 0.2) is 78.9 Å². The Morgan fingerprint density at radius 1 is 0.712 bits per heavy atom. The average Bonchev–Trinajstić information content (AvgIpc) is 4.19. The summed E-state index contributed by atoms with van der Waals surface area (Å²) in [5, 5.41) is 10.2. The molecule has 8 rings (SSSR count). The minimum Gasteiger partial charge on any atom is -0.484 e. The SMILES string of the molecule is Cc1cc(C)n(B(F)F)c1C=c1ccc(=CCC(=O)NCCCCCC(=O)NCCCN(C)CCCNC(=O)COc2ccc(-c3nc4ccc(-c5nc6ccc(N7CCN(C)CC7)cc6[nH]5)cc4[nH]3)cc2)[nH]1. The number of H-pyrrole nitrogens is 3. The third-order valence-electron chi connectivity index (χ3n) is 13.3. The van der Waals surface area contributed by atoms with Crippen molar-refractivity contribution in [3.05, 3.63) is 107 Å². The van der Waals surface area contributed by atoms with E-state index in [0.29, 0.717) is 48.5 Å². The zero-order valence-electron chi connectivity index (χ0n) is 42.3. The van der Waals surface area contributed by atoms with Crippen LogP contribution in [0.25, 0.3) is 57.0 Å². The number of anilines is 1. The van der Waals surface area contributed by atoms with Crippen LogP contribution in [0, 0.1) is 13.8 Å². The second-order valence-electron chi connectivity index (χ2n) is 19.0. The monoisotopic (exact) mass is 997 g/mol. The number of benzene rings is 3. The first kappa shape index (κ1) is 52.1. The van der Waals surface area contributed by atoms with Gasteiger partial charge < -0.3 is 54.8 Å². The molecule has 1 aliphatic heterocycles. The molecule has 384 valence electrons. The van der Waals surface area contributed by atoms with E-state index in [1.165, 1.54) is 5.69 Å². The summed E-state index contributed by atoms with van der Waals surface area (Å²) < 4.78 is 33.9. The number of amides is 3. The van der Waals surface area contributed by atoms with Crippen LogP contribution < -0.4 is 36.3 Å². The number of halogens is 2. The summed E-state index contributed by atoms with van der Waals surface area (Å²) in [6, 6.07) is 25.4. The summed E-state index contributed by atoms with van der Waals surface area (Å²) in [5.74, 6) is 1.87. The molecule has 0 unspecified atom stereocenters. The molecule has 1 fully saturated rings. The second-order valence-corrected chi connectivity index (χ2v) is 19.0. The molecule has 1 aliphatic rings. The lowest BCUT2D eigenvalue weighted by Crippen LogP contribution is -2.44. The molecule has 4 aromatic heterocycles. The molecule has 0 spiro atoms. The van der Waals surface area contributed by atoms with Gasteiger partial charge in [-0.25, -0.2) is 9.97 Å². The van der Waals surface area contributed by atoms with Crippen LogP contribution >= 0.6 is 0 Å². The number of carbonyl (C=O) groups is 3. The standard InChI is InChI=1S/C54H67BF2N12O4/c1-37-32-38(2)69(55(56)57)49(37)34-42-15-14-41(61-42)16-22-51(71)58-23-7-5-6-10-50(70)59-24-8-26-66(3)27-9-25-60-52(72)36-73-44-18-11-39(12-19-44)53-62-45-20-13-40(33-47(45)64-53)54-63-46-21-17-43(35-48(46)65-54)68-30-28-67(4)29-31-68/h11-21,32-35,61H,5-10,22-31,36H2,1-4H3,(H,58,71)(H,59,70)(H,60,72)(H,62,64)(H,63,65). The second kappa shape index (κ2) is 24.9. The maximum atomic E-state index is 13.5. The fraction of sp³-hybridized carbons (Fsp3) is 0.389. The van der Waals surface area contributed by atoms with Crippen LogP contribution in [0.1, 0.15) is 61.9 Å². The zero-order valence-corrected chi connectivity index (χ0v) is 42.3. The van der Waals surface area contributed by atoms with Gasteiger partial charge in [0.1, 0.15) is 17.4 Å². The number of hydrogen-bond acceptors (Lipinski definition) is 9. The number of piperazine rings is 1. The molecule has 19 heteroatoms. The van der Waals surface area contributed by atoms with Crippen LogP contribution in [0.2, 0.25) is 0 Å². The minimum absolute atomic E-state index is 0.0217. The van der Waals surface area contributed by atoms with Gasteiger partial charge >= 0.3 is 7.40 Å². The first-order valence-corrected chi connectivity index (χ1v) is 25.3. The number of ether oxygens (including phenoxy) is 1. The third kappa shape index (κ3) is 14.5. The van der Waals surface area contributed by atoms with Gasteiger partial charge in [0, 0.05) is 97.6 Å². The van der Waals surface area contributed by atoms with E-state index in [2.05, 4.69) is 76.9 Å². The number of unbranched alkanes of at least 4 members (excludes halogenated alkanes) is 2. The first-order chi connectivity index (χ1) is 35.3. The number of hydrogen-bond donors (Lipinski definition) is 6. The highest BCUT2D eigenvalue weighted by atomic mass is 19.2. The van der Waals surface area contributed by atoms with Gasteiger partial charge in [0.15, 0.2) is 6.61 Å². The number of fused-ring (bicyclic) bond motifs is 2. The van der Waals surface area contributed by atoms with Gasteiger partial charge in [-0.1, -0.05) is 12.5 Å². The number of likely N-dealkylation sites (N-methyl/N-ethyl adjacent to an activating group) is 1. The molecule has 0 radical (unpaired) electrons. The molecule has 0 atom stereocenters. The van der Waals surface area contributed by atoms with E-state index in [1.54, 1.807) is 38.1 Å². The van der Waals surface area contributed by atoms with Crippen molar-refractivity contribution in [3.8, 4) is 28.5 Å². The molecule has 16 nitrogen and oxygen atoms in total. The number of carbonyl (C=O) groups excluding carboxylic acids is 3. The summed E-state index contributed by atoms with van der Waals surface area (Å²) in [5.41, 5.74) is 8.51. The Morgan fingerprint density at radius 3 is 2.07 bits per heavy atom. The number of rotatable bonds is 24. The Morgan fingerprint density at radius 2 is 1.34 bits per heavy atom. The van der Waals surface area contributed by atoms with E-state index >= 15 is 0 Å². The van der Waals surface area contributed by atoms with Crippen molar-refractivity contribution in [2.75, 3.05) is 84.5 Å². The number of aromatic amines is 3. The third-order valence-corrected chi connectivity index (χ3v) is 13.3. The predicted molar refractivity (Wildman–Crippen MR) is 286 cm³/mol. The molecule has 5 heterocycles. The van der Waals surface area contributed by atoms with Crippen molar-refractivity contribution < 1.29 is 27.8 Å². The lowest BCUT2D eigenvalue weighted by Gasteiger charge is -2.34. The zero-order chi connectivity index (χ0) is 51.3. The van der Waals surface area contributed by atoms with E-state index in [4.69, 9.17) is 14.7 Å². The molecule has 7 aromatic rings. The molecule has 0 saturated carbocycles. The van der Waals surface area contributed by atoms with Crippen LogP contribution in [0.4, 0.5) is 14.3 Å². The summed E-state index contributed by atoms with van der Waals surface area (Å²) in [7, 11) is 1.56. The van der Waals surface area contributed by atoms with Crippen molar-refractivity contribution in [2.24, 2.45) is 0 Å². The number of nitrogens with one attached hydrogen (secondary N) is 6. The highest BCUT2D eigenvalue weighted by Gasteiger charge is 2.23. The summed E-state index contributed by atoms with van der Waals surface area (Å²) >= 11 is 0. The normalized spacial score (nSPS) is 13.7. The molecule has 6 N–H and O–H groups in total. The van der Waals surface area contributed by atoms with Crippen molar-refractivity contribution >= 4 is 65.0 Å². The Bertz CT molecular complexity index is 3100. The average molecular weight is 997 g/mol. The van der Waals surface area contributed by atoms with Gasteiger partial charge in [-0.15, -0.1) is 0 Å². The lowest BCUT2D eigenvalue weighted by molar-refractivity contribution is -0.123. The highest BCUT2D eigenvalue weighted by molar-refractivity contribution is 6.41. The molecular formula is C54H67BF2N12O4. The Kier molecular flexibility index (Phi) is 17.8. The van der Waals surface area contributed by atoms with Crippen LogP contribution in [0.3, 0.4) is 0 Å². The van der Waals surface area contributed by atoms with Gasteiger partial charge in [0.05, 0.1) is 22.1 Å². The Labute approximate surface area is 424 Å². The molecule has 3 aromatic carbocycles. The number of nitrogens with zero attached hydrogens (tertiary/aromatic N) is 6. The Balaban J connectivity index is 0.645. The molecular weight excluding hydrogens is 929 g/mol. The van der Waals surface area contributed by atoms with Crippen molar-refractivity contribution in [2.45, 2.75) is 58.8 Å². The quantitative estimate of drug-likeness (QED) is 0.0325. The fourth-order valence-electron chi connectivity index (χ4n) is 9.10.